The third-order valence-corrected chi connectivity index (χ3v) is 4.77. The lowest BCUT2D eigenvalue weighted by molar-refractivity contribution is 0.0940. The molecule has 0 heterocycles. The van der Waals surface area contributed by atoms with Gasteiger partial charge >= 0.3 is 0 Å². The lowest BCUT2D eigenvalue weighted by Crippen LogP contribution is -2.26. The molecule has 0 N–H and O–H groups in total. The van der Waals surface area contributed by atoms with Crippen LogP contribution in [0.1, 0.15) is 36.6 Å². The standard InChI is InChI=1S/C23H13ClO3/c24-16-12-10-14(11-13-16)19-20(21(25)15-6-2-1-3-7-15)23(27)18-9-5-4-8-17(18)22(19)26/h1-13H. The molecule has 0 amide bonds. The largest absolute Gasteiger partial charge is 0.289 e. The number of hydrogen-bond acceptors (Lipinski definition) is 3. The minimum Gasteiger partial charge on any atom is -0.289 e. The van der Waals surface area contributed by atoms with Crippen LogP contribution in [0.4, 0.5) is 0 Å². The van der Waals surface area contributed by atoms with E-state index in [1.165, 1.54) is 0 Å². The van der Waals surface area contributed by atoms with Crippen molar-refractivity contribution in [2.45, 2.75) is 0 Å². The zero-order chi connectivity index (χ0) is 19.0. The van der Waals surface area contributed by atoms with E-state index in [4.69, 9.17) is 11.6 Å². The Hall–Kier alpha value is -3.30. The highest BCUT2D eigenvalue weighted by atomic mass is 35.5. The molecule has 0 saturated heterocycles. The van der Waals surface area contributed by atoms with Gasteiger partial charge in [-0.3, -0.25) is 14.4 Å². The molecule has 4 rings (SSSR count). The Morgan fingerprint density at radius 3 is 1.85 bits per heavy atom. The quantitative estimate of drug-likeness (QED) is 0.477. The molecule has 0 unspecified atom stereocenters. The molecular weight excluding hydrogens is 360 g/mol. The van der Waals surface area contributed by atoms with Crippen LogP contribution >= 0.6 is 11.6 Å². The summed E-state index contributed by atoms with van der Waals surface area (Å²) in [6.07, 6.45) is 0. The van der Waals surface area contributed by atoms with Crippen molar-refractivity contribution in [2.75, 3.05) is 0 Å². The van der Waals surface area contributed by atoms with Gasteiger partial charge in [0.1, 0.15) is 0 Å². The molecule has 0 bridgehead atoms. The van der Waals surface area contributed by atoms with Gasteiger partial charge < -0.3 is 0 Å². The van der Waals surface area contributed by atoms with Crippen LogP contribution in [0.25, 0.3) is 5.57 Å². The molecule has 0 saturated carbocycles. The smallest absolute Gasteiger partial charge is 0.198 e. The van der Waals surface area contributed by atoms with Crippen LogP contribution in [0.3, 0.4) is 0 Å². The summed E-state index contributed by atoms with van der Waals surface area (Å²) in [5.74, 6) is -1.25. The van der Waals surface area contributed by atoms with E-state index in [1.807, 2.05) is 0 Å². The number of Topliss-reactive ketones (excluding diaryl/α,β-unsaturated/α-hetero) is 3. The van der Waals surface area contributed by atoms with Gasteiger partial charge in [0.2, 0.25) is 0 Å². The molecule has 0 atom stereocenters. The third-order valence-electron chi connectivity index (χ3n) is 4.52. The Bertz CT molecular complexity index is 1110. The molecule has 4 heteroatoms. The minimum absolute atomic E-state index is 0.104. The summed E-state index contributed by atoms with van der Waals surface area (Å²) in [6.45, 7) is 0. The maximum Gasteiger partial charge on any atom is 0.198 e. The first-order valence-corrected chi connectivity index (χ1v) is 8.74. The average molecular weight is 373 g/mol. The number of allylic oxidation sites excluding steroid dienone is 2. The summed E-state index contributed by atoms with van der Waals surface area (Å²) in [7, 11) is 0. The first-order valence-electron chi connectivity index (χ1n) is 8.36. The Balaban J connectivity index is 1.99. The zero-order valence-corrected chi connectivity index (χ0v) is 14.9. The fourth-order valence-electron chi connectivity index (χ4n) is 3.22. The van der Waals surface area contributed by atoms with Crippen molar-refractivity contribution in [3.8, 4) is 0 Å². The number of rotatable bonds is 3. The molecule has 0 aliphatic heterocycles. The maximum atomic E-state index is 13.2. The van der Waals surface area contributed by atoms with E-state index in [9.17, 15) is 14.4 Å². The van der Waals surface area contributed by atoms with Crippen LogP contribution in [-0.4, -0.2) is 17.3 Å². The molecule has 1 aliphatic carbocycles. The highest BCUT2D eigenvalue weighted by Crippen LogP contribution is 2.34. The zero-order valence-electron chi connectivity index (χ0n) is 14.1. The molecule has 27 heavy (non-hydrogen) atoms. The van der Waals surface area contributed by atoms with Gasteiger partial charge in [0, 0.05) is 27.3 Å². The van der Waals surface area contributed by atoms with Gasteiger partial charge in [0.05, 0.1) is 5.57 Å². The van der Waals surface area contributed by atoms with Gasteiger partial charge in [-0.1, -0.05) is 78.3 Å². The van der Waals surface area contributed by atoms with Crippen LogP contribution in [0.5, 0.6) is 0 Å². The van der Waals surface area contributed by atoms with Crippen LogP contribution in [-0.2, 0) is 0 Å². The summed E-state index contributed by atoms with van der Waals surface area (Å²) in [6, 6.07) is 21.6. The van der Waals surface area contributed by atoms with Crippen LogP contribution in [0, 0.1) is 0 Å². The Morgan fingerprint density at radius 1 is 0.667 bits per heavy atom. The SMILES string of the molecule is O=C(C1=C(c2ccc(Cl)cc2)C(=O)c2ccccc2C1=O)c1ccccc1. The van der Waals surface area contributed by atoms with E-state index in [-0.39, 0.29) is 22.5 Å². The second-order valence-electron chi connectivity index (χ2n) is 6.16. The molecule has 1 aliphatic rings. The van der Waals surface area contributed by atoms with Gasteiger partial charge in [-0.15, -0.1) is 0 Å². The molecule has 3 aromatic carbocycles. The van der Waals surface area contributed by atoms with Crippen LogP contribution in [0.2, 0.25) is 5.02 Å². The monoisotopic (exact) mass is 372 g/mol. The molecule has 0 spiro atoms. The number of benzene rings is 3. The highest BCUT2D eigenvalue weighted by Gasteiger charge is 2.36. The fraction of sp³-hybridized carbons (Fsp3) is 0. The summed E-state index contributed by atoms with van der Waals surface area (Å²) < 4.78 is 0. The van der Waals surface area contributed by atoms with Gasteiger partial charge in [-0.2, -0.15) is 0 Å². The number of ketones is 3. The van der Waals surface area contributed by atoms with Crippen LogP contribution < -0.4 is 0 Å². The van der Waals surface area contributed by atoms with E-state index in [0.717, 1.165) is 0 Å². The normalized spacial score (nSPS) is 13.5. The van der Waals surface area contributed by atoms with E-state index in [2.05, 4.69) is 0 Å². The predicted octanol–water partition coefficient (Wildman–Crippen LogP) is 5.06. The first-order chi connectivity index (χ1) is 13.1. The van der Waals surface area contributed by atoms with E-state index >= 15 is 0 Å². The number of carbonyl (C=O) groups excluding carboxylic acids is 3. The second-order valence-corrected chi connectivity index (χ2v) is 6.59. The first kappa shape index (κ1) is 17.1. The molecule has 3 aromatic rings. The Morgan fingerprint density at radius 2 is 1.22 bits per heavy atom. The van der Waals surface area contributed by atoms with E-state index in [0.29, 0.717) is 21.7 Å². The lowest BCUT2D eigenvalue weighted by atomic mass is 9.78. The predicted molar refractivity (Wildman–Crippen MR) is 104 cm³/mol. The maximum absolute atomic E-state index is 13.2. The van der Waals surface area contributed by atoms with E-state index in [1.54, 1.807) is 78.9 Å². The third kappa shape index (κ3) is 2.92. The second kappa shape index (κ2) is 6.78. The van der Waals surface area contributed by atoms with Crippen molar-refractivity contribution in [3.63, 3.8) is 0 Å². The topological polar surface area (TPSA) is 51.2 Å². The molecule has 0 aromatic heterocycles. The van der Waals surface area contributed by atoms with Gasteiger partial charge in [-0.25, -0.2) is 0 Å². The summed E-state index contributed by atoms with van der Waals surface area (Å²) in [4.78, 5) is 39.5. The molecular formula is C23H13ClO3. The Kier molecular flexibility index (Phi) is 4.30. The van der Waals surface area contributed by atoms with Gasteiger partial charge in [0.15, 0.2) is 17.3 Å². The fourth-order valence-corrected chi connectivity index (χ4v) is 3.34. The van der Waals surface area contributed by atoms with Crippen molar-refractivity contribution in [3.05, 3.63) is 112 Å². The average Bonchev–Trinajstić information content (AvgIpc) is 2.71. The molecule has 130 valence electrons. The lowest BCUT2D eigenvalue weighted by Gasteiger charge is -2.20. The van der Waals surface area contributed by atoms with Crippen molar-refractivity contribution < 1.29 is 14.4 Å². The van der Waals surface area contributed by atoms with Crippen molar-refractivity contribution in [1.82, 2.24) is 0 Å². The molecule has 3 nitrogen and oxygen atoms in total. The Labute approximate surface area is 160 Å². The minimum atomic E-state index is -0.464. The highest BCUT2D eigenvalue weighted by molar-refractivity contribution is 6.49. The number of fused-ring (bicyclic) bond motifs is 1. The van der Waals surface area contributed by atoms with E-state index < -0.39 is 11.6 Å². The van der Waals surface area contributed by atoms with Gasteiger partial charge in [0.25, 0.3) is 0 Å². The van der Waals surface area contributed by atoms with Gasteiger partial charge in [-0.05, 0) is 17.7 Å². The summed E-state index contributed by atoms with van der Waals surface area (Å²) in [5.41, 5.74) is 1.42. The molecule has 0 radical (unpaired) electrons. The summed E-state index contributed by atoms with van der Waals surface area (Å²) >= 11 is 5.96. The number of halogens is 1. The van der Waals surface area contributed by atoms with Crippen molar-refractivity contribution in [2.24, 2.45) is 0 Å². The van der Waals surface area contributed by atoms with Crippen LogP contribution in [0.15, 0.2) is 84.4 Å². The van der Waals surface area contributed by atoms with Crippen molar-refractivity contribution in [1.29, 1.82) is 0 Å². The van der Waals surface area contributed by atoms with Crippen molar-refractivity contribution >= 4 is 34.5 Å². The number of carbonyl (C=O) groups is 3. The number of hydrogen-bond donors (Lipinski definition) is 0. The summed E-state index contributed by atoms with van der Waals surface area (Å²) in [5, 5.41) is 0.505. The molecule has 0 fully saturated rings.